The topological polar surface area (TPSA) is 48.5 Å². The van der Waals surface area contributed by atoms with Crippen molar-refractivity contribution in [1.29, 1.82) is 0 Å². The van der Waals surface area contributed by atoms with Gasteiger partial charge in [-0.05, 0) is 13.8 Å². The van der Waals surface area contributed by atoms with Crippen molar-refractivity contribution in [2.24, 2.45) is 5.16 Å². The lowest BCUT2D eigenvalue weighted by Crippen LogP contribution is -2.25. The molecule has 4 nitrogen and oxygen atoms in total. The Morgan fingerprint density at radius 1 is 1.69 bits per heavy atom. The molecule has 0 bridgehead atoms. The van der Waals surface area contributed by atoms with E-state index in [1.807, 2.05) is 13.8 Å². The minimum Gasteiger partial charge on any atom is -0.619 e. The lowest BCUT2D eigenvalue weighted by Gasteiger charge is -1.99. The van der Waals surface area contributed by atoms with Gasteiger partial charge in [-0.25, -0.2) is 0 Å². The Hall–Kier alpha value is -1.58. The molecule has 0 radical (unpaired) electrons. The molecule has 1 aromatic rings. The van der Waals surface area contributed by atoms with Crippen LogP contribution in [0, 0.1) is 12.1 Å². The quantitative estimate of drug-likeness (QED) is 0.301. The summed E-state index contributed by atoms with van der Waals surface area (Å²) < 4.78 is 0.757. The van der Waals surface area contributed by atoms with Crippen molar-refractivity contribution in [3.63, 3.8) is 0 Å². The molecule has 0 spiro atoms. The molecule has 0 amide bonds. The van der Waals surface area contributed by atoms with Gasteiger partial charge < -0.3 is 10.0 Å². The number of oxime groups is 1. The van der Waals surface area contributed by atoms with Gasteiger partial charge in [0.1, 0.15) is 6.61 Å². The van der Waals surface area contributed by atoms with Gasteiger partial charge in [0.2, 0.25) is 0 Å². The molecule has 0 aliphatic heterocycles. The zero-order valence-corrected chi connectivity index (χ0v) is 7.73. The Morgan fingerprint density at radius 2 is 2.46 bits per heavy atom. The maximum absolute atomic E-state index is 10.8. The summed E-state index contributed by atoms with van der Waals surface area (Å²) in [6.45, 7) is 4.26. The fourth-order valence-electron chi connectivity index (χ4n) is 0.907. The third-order valence-electron chi connectivity index (χ3n) is 1.57. The summed E-state index contributed by atoms with van der Waals surface area (Å²) in [4.78, 5) is 4.81. The SMILES string of the molecule is CCO/N=C\c1cc[n+]([O-])cc1C. The standard InChI is InChI=1S/C9H12N2O2/c1-3-13-10-6-9-4-5-11(12)7-8(9)2/h4-7H,3H2,1-2H3/b10-6-. The number of pyridine rings is 1. The highest BCUT2D eigenvalue weighted by Gasteiger charge is 1.98. The smallest absolute Gasteiger partial charge is 0.183 e. The van der Waals surface area contributed by atoms with Crippen molar-refractivity contribution >= 4 is 6.21 Å². The highest BCUT2D eigenvalue weighted by atomic mass is 16.6. The molecule has 0 aliphatic carbocycles. The van der Waals surface area contributed by atoms with Gasteiger partial charge in [0.05, 0.1) is 6.21 Å². The van der Waals surface area contributed by atoms with E-state index < -0.39 is 0 Å². The Kier molecular flexibility index (Phi) is 3.25. The first kappa shape index (κ1) is 9.51. The van der Waals surface area contributed by atoms with Gasteiger partial charge in [-0.3, -0.25) is 0 Å². The molecule has 4 heteroatoms. The van der Waals surface area contributed by atoms with E-state index in [-0.39, 0.29) is 0 Å². The van der Waals surface area contributed by atoms with Crippen molar-refractivity contribution in [2.45, 2.75) is 13.8 Å². The van der Waals surface area contributed by atoms with Crippen LogP contribution < -0.4 is 4.73 Å². The van der Waals surface area contributed by atoms with Crippen molar-refractivity contribution in [1.82, 2.24) is 0 Å². The Bertz CT molecular complexity index is 310. The van der Waals surface area contributed by atoms with Crippen LogP contribution in [0.25, 0.3) is 0 Å². The second-order valence-electron chi connectivity index (χ2n) is 2.60. The van der Waals surface area contributed by atoms with E-state index in [0.29, 0.717) is 6.61 Å². The maximum atomic E-state index is 10.8. The summed E-state index contributed by atoms with van der Waals surface area (Å²) >= 11 is 0. The van der Waals surface area contributed by atoms with Crippen LogP contribution in [0.3, 0.4) is 0 Å². The molecule has 1 rings (SSSR count). The lowest BCUT2D eigenvalue weighted by atomic mass is 10.2. The molecular weight excluding hydrogens is 168 g/mol. The van der Waals surface area contributed by atoms with Gasteiger partial charge in [0, 0.05) is 17.2 Å². The van der Waals surface area contributed by atoms with Gasteiger partial charge >= 0.3 is 0 Å². The zero-order chi connectivity index (χ0) is 9.68. The van der Waals surface area contributed by atoms with Crippen LogP contribution in [0.1, 0.15) is 18.1 Å². The third kappa shape index (κ3) is 2.74. The van der Waals surface area contributed by atoms with E-state index in [2.05, 4.69) is 5.16 Å². The van der Waals surface area contributed by atoms with Crippen LogP contribution in [0.5, 0.6) is 0 Å². The molecule has 13 heavy (non-hydrogen) atoms. The normalized spacial score (nSPS) is 10.6. The average molecular weight is 180 g/mol. The number of nitrogens with zero attached hydrogens (tertiary/aromatic N) is 2. The van der Waals surface area contributed by atoms with Crippen LogP contribution >= 0.6 is 0 Å². The third-order valence-corrected chi connectivity index (χ3v) is 1.57. The van der Waals surface area contributed by atoms with E-state index in [1.54, 1.807) is 12.3 Å². The summed E-state index contributed by atoms with van der Waals surface area (Å²) in [5.74, 6) is 0. The molecule has 0 saturated heterocycles. The molecule has 0 unspecified atom stereocenters. The van der Waals surface area contributed by atoms with Gasteiger partial charge in [0.15, 0.2) is 12.4 Å². The monoisotopic (exact) mass is 180 g/mol. The van der Waals surface area contributed by atoms with E-state index >= 15 is 0 Å². The largest absolute Gasteiger partial charge is 0.619 e. The van der Waals surface area contributed by atoms with Crippen molar-refractivity contribution in [3.8, 4) is 0 Å². The van der Waals surface area contributed by atoms with E-state index in [0.717, 1.165) is 15.9 Å². The first-order valence-corrected chi connectivity index (χ1v) is 4.08. The van der Waals surface area contributed by atoms with Crippen molar-refractivity contribution in [2.75, 3.05) is 6.61 Å². The summed E-state index contributed by atoms with van der Waals surface area (Å²) in [6, 6.07) is 1.70. The molecule has 0 aliphatic rings. The summed E-state index contributed by atoms with van der Waals surface area (Å²) in [5.41, 5.74) is 1.77. The number of rotatable bonds is 3. The van der Waals surface area contributed by atoms with Crippen LogP contribution in [0.15, 0.2) is 23.6 Å². The summed E-state index contributed by atoms with van der Waals surface area (Å²) in [5, 5.41) is 14.5. The first-order chi connectivity index (χ1) is 6.24. The highest BCUT2D eigenvalue weighted by molar-refractivity contribution is 5.80. The highest BCUT2D eigenvalue weighted by Crippen LogP contribution is 2.00. The van der Waals surface area contributed by atoms with Crippen LogP contribution in [-0.4, -0.2) is 12.8 Å². The molecule has 0 atom stereocenters. The molecule has 1 heterocycles. The number of aryl methyl sites for hydroxylation is 1. The lowest BCUT2D eigenvalue weighted by molar-refractivity contribution is -0.605. The molecule has 0 aromatic carbocycles. The van der Waals surface area contributed by atoms with Gasteiger partial charge in [-0.2, -0.15) is 4.73 Å². The minimum absolute atomic E-state index is 0.546. The van der Waals surface area contributed by atoms with Crippen LogP contribution in [0.2, 0.25) is 0 Å². The fraction of sp³-hybridized carbons (Fsp3) is 0.333. The van der Waals surface area contributed by atoms with E-state index in [1.165, 1.54) is 12.4 Å². The second kappa shape index (κ2) is 4.45. The minimum atomic E-state index is 0.546. The van der Waals surface area contributed by atoms with Gasteiger partial charge in [-0.15, -0.1) is 0 Å². The predicted molar refractivity (Wildman–Crippen MR) is 49.4 cm³/mol. The predicted octanol–water partition coefficient (Wildman–Crippen LogP) is 0.999. The zero-order valence-electron chi connectivity index (χ0n) is 7.73. The van der Waals surface area contributed by atoms with Gasteiger partial charge in [-0.1, -0.05) is 5.16 Å². The van der Waals surface area contributed by atoms with Gasteiger partial charge in [0.25, 0.3) is 0 Å². The van der Waals surface area contributed by atoms with E-state index in [4.69, 9.17) is 4.84 Å². The Morgan fingerprint density at radius 3 is 3.08 bits per heavy atom. The Labute approximate surface area is 77.0 Å². The van der Waals surface area contributed by atoms with Crippen LogP contribution in [-0.2, 0) is 4.84 Å². The van der Waals surface area contributed by atoms with Crippen molar-refractivity contribution < 1.29 is 9.57 Å². The molecule has 0 N–H and O–H groups in total. The number of hydrogen-bond donors (Lipinski definition) is 0. The number of aromatic nitrogens is 1. The molecule has 70 valence electrons. The Balaban J connectivity index is 2.77. The summed E-state index contributed by atoms with van der Waals surface area (Å²) in [6.07, 6.45) is 4.52. The molecule has 1 aromatic heterocycles. The number of hydrogen-bond acceptors (Lipinski definition) is 3. The summed E-state index contributed by atoms with van der Waals surface area (Å²) in [7, 11) is 0. The fourth-order valence-corrected chi connectivity index (χ4v) is 0.907. The maximum Gasteiger partial charge on any atom is 0.183 e. The van der Waals surface area contributed by atoms with Crippen LogP contribution in [0.4, 0.5) is 0 Å². The average Bonchev–Trinajstić information content (AvgIpc) is 2.09. The first-order valence-electron chi connectivity index (χ1n) is 4.08. The van der Waals surface area contributed by atoms with E-state index in [9.17, 15) is 5.21 Å². The molecule has 0 saturated carbocycles. The van der Waals surface area contributed by atoms with Crippen molar-refractivity contribution in [3.05, 3.63) is 34.8 Å². The molecular formula is C9H12N2O2. The molecule has 0 fully saturated rings. The second-order valence-corrected chi connectivity index (χ2v) is 2.60.